The van der Waals surface area contributed by atoms with Gasteiger partial charge >= 0.3 is 0 Å². The molecule has 0 fully saturated rings. The highest BCUT2D eigenvalue weighted by Gasteiger charge is 2.11. The van der Waals surface area contributed by atoms with E-state index in [-0.39, 0.29) is 0 Å². The fourth-order valence-corrected chi connectivity index (χ4v) is 5.54. The third-order valence-electron chi connectivity index (χ3n) is 7.64. The minimum atomic E-state index is 0.553. The fraction of sp³-hybridized carbons (Fsp3) is 0.278. The molecular weight excluding hydrogens is 520 g/mol. The summed E-state index contributed by atoms with van der Waals surface area (Å²) < 4.78 is 11.8. The molecule has 0 bridgehead atoms. The van der Waals surface area contributed by atoms with Gasteiger partial charge in [0.2, 0.25) is 0 Å². The number of aromatic nitrogens is 2. The number of nitrogens with zero attached hydrogens (tertiary/aromatic N) is 2. The van der Waals surface area contributed by atoms with E-state index in [1.54, 1.807) is 0 Å². The Bertz CT molecular complexity index is 1640. The van der Waals surface area contributed by atoms with Crippen molar-refractivity contribution in [2.24, 2.45) is 0 Å². The zero-order valence-electron chi connectivity index (χ0n) is 24.9. The number of nitrogens with one attached hydrogen (secondary N) is 2. The molecule has 6 aromatic rings. The molecule has 6 nitrogen and oxygen atoms in total. The molecule has 0 aliphatic heterocycles. The van der Waals surface area contributed by atoms with Crippen LogP contribution in [0.15, 0.2) is 72.8 Å². The normalized spacial score (nSPS) is 11.6. The Hall–Kier alpha value is -4.26. The maximum absolute atomic E-state index is 5.90. The number of hydrogen-bond acceptors (Lipinski definition) is 6. The molecule has 0 aliphatic carbocycles. The lowest BCUT2D eigenvalue weighted by Crippen LogP contribution is -2.15. The highest BCUT2D eigenvalue weighted by Crippen LogP contribution is 2.33. The van der Waals surface area contributed by atoms with Crippen molar-refractivity contribution in [2.75, 3.05) is 50.2 Å². The highest BCUT2D eigenvalue weighted by molar-refractivity contribution is 6.08. The van der Waals surface area contributed by atoms with Crippen molar-refractivity contribution < 1.29 is 9.47 Å². The van der Waals surface area contributed by atoms with Crippen molar-refractivity contribution in [1.29, 1.82) is 0 Å². The van der Waals surface area contributed by atoms with E-state index in [2.05, 4.69) is 111 Å². The highest BCUT2D eigenvalue weighted by atomic mass is 16.5. The van der Waals surface area contributed by atoms with E-state index in [0.29, 0.717) is 39.5 Å². The minimum Gasteiger partial charge on any atom is -0.382 e. The third kappa shape index (κ3) is 6.01. The van der Waals surface area contributed by atoms with Crippen molar-refractivity contribution in [1.82, 2.24) is 9.97 Å². The first-order valence-corrected chi connectivity index (χ1v) is 14.7. The van der Waals surface area contributed by atoms with Gasteiger partial charge in [0.15, 0.2) is 0 Å². The summed E-state index contributed by atoms with van der Waals surface area (Å²) in [6, 6.07) is 25.6. The lowest BCUT2D eigenvalue weighted by atomic mass is 10.0. The standard InChI is InChI=1S/C36H38N4O2/c1-23-5-9-31-27(19-23)35(28-20-24(2)6-10-32(28)39-31)37-13-15-41-17-18-42-16-14-38-36-29-21-25(3)7-11-33(29)40-34-12-8-26(4)22-30(34)36/h5-12,19-22H,13-18H2,1-4H3,(H,37,39)(H,38,40). The molecule has 0 aliphatic rings. The Kier molecular flexibility index (Phi) is 8.17. The maximum atomic E-state index is 5.90. The molecule has 0 amide bonds. The summed E-state index contributed by atoms with van der Waals surface area (Å²) in [7, 11) is 0. The molecule has 0 radical (unpaired) electrons. The molecule has 0 saturated heterocycles. The van der Waals surface area contributed by atoms with Gasteiger partial charge in [0, 0.05) is 34.6 Å². The lowest BCUT2D eigenvalue weighted by molar-refractivity contribution is 0.0557. The van der Waals surface area contributed by atoms with Crippen LogP contribution in [0, 0.1) is 27.7 Å². The summed E-state index contributed by atoms with van der Waals surface area (Å²) in [5.41, 5.74) is 11.1. The second kappa shape index (κ2) is 12.3. The largest absolute Gasteiger partial charge is 0.382 e. The molecule has 6 heteroatoms. The zero-order chi connectivity index (χ0) is 29.1. The minimum absolute atomic E-state index is 0.553. The third-order valence-corrected chi connectivity index (χ3v) is 7.64. The summed E-state index contributed by atoms with van der Waals surface area (Å²) in [5, 5.41) is 11.8. The van der Waals surface area contributed by atoms with Gasteiger partial charge in [-0.05, 0) is 76.2 Å². The average Bonchev–Trinajstić information content (AvgIpc) is 2.98. The Labute approximate surface area is 247 Å². The number of ether oxygens (including phenoxy) is 2. The van der Waals surface area contributed by atoms with Crippen LogP contribution < -0.4 is 10.6 Å². The van der Waals surface area contributed by atoms with Crippen LogP contribution in [0.5, 0.6) is 0 Å². The van der Waals surface area contributed by atoms with Crippen LogP contribution in [0.25, 0.3) is 43.6 Å². The van der Waals surface area contributed by atoms with Gasteiger partial charge in [-0.3, -0.25) is 0 Å². The molecule has 214 valence electrons. The first kappa shape index (κ1) is 27.9. The van der Waals surface area contributed by atoms with Crippen molar-refractivity contribution in [3.05, 3.63) is 95.1 Å². The number of hydrogen-bond donors (Lipinski definition) is 2. The Morgan fingerprint density at radius 2 is 0.762 bits per heavy atom. The van der Waals surface area contributed by atoms with Gasteiger partial charge in [0.1, 0.15) is 0 Å². The Balaban J connectivity index is 1.00. The molecule has 0 atom stereocenters. The van der Waals surface area contributed by atoms with E-state index in [4.69, 9.17) is 19.4 Å². The molecule has 2 aromatic heterocycles. The maximum Gasteiger partial charge on any atom is 0.0730 e. The summed E-state index contributed by atoms with van der Waals surface area (Å²) in [4.78, 5) is 9.75. The van der Waals surface area contributed by atoms with Crippen LogP contribution in [0.1, 0.15) is 22.3 Å². The molecular formula is C36H38N4O2. The smallest absolute Gasteiger partial charge is 0.0730 e. The van der Waals surface area contributed by atoms with Crippen LogP contribution in [0.2, 0.25) is 0 Å². The van der Waals surface area contributed by atoms with Crippen LogP contribution in [-0.2, 0) is 9.47 Å². The van der Waals surface area contributed by atoms with Gasteiger partial charge in [-0.1, -0.05) is 46.5 Å². The Morgan fingerprint density at radius 3 is 1.07 bits per heavy atom. The molecule has 6 rings (SSSR count). The quantitative estimate of drug-likeness (QED) is 0.125. The SMILES string of the molecule is Cc1ccc2nc3ccc(C)cc3c(NCCOCCOCCNc3c4cc(C)ccc4nc4ccc(C)cc34)c2c1. The molecule has 4 aromatic carbocycles. The van der Waals surface area contributed by atoms with Crippen molar-refractivity contribution in [3.8, 4) is 0 Å². The predicted octanol–water partition coefficient (Wildman–Crippen LogP) is 7.88. The van der Waals surface area contributed by atoms with Crippen molar-refractivity contribution >= 4 is 55.0 Å². The number of rotatable bonds is 11. The van der Waals surface area contributed by atoms with E-state index in [9.17, 15) is 0 Å². The van der Waals surface area contributed by atoms with Gasteiger partial charge in [0.25, 0.3) is 0 Å². The summed E-state index contributed by atoms with van der Waals surface area (Å²) in [5.74, 6) is 0. The van der Waals surface area contributed by atoms with Crippen molar-refractivity contribution in [3.63, 3.8) is 0 Å². The number of pyridine rings is 2. The first-order valence-electron chi connectivity index (χ1n) is 14.7. The molecule has 0 spiro atoms. The monoisotopic (exact) mass is 558 g/mol. The summed E-state index contributed by atoms with van der Waals surface area (Å²) in [6.07, 6.45) is 0. The van der Waals surface area contributed by atoms with Gasteiger partial charge < -0.3 is 20.1 Å². The first-order chi connectivity index (χ1) is 20.5. The number of benzene rings is 4. The van der Waals surface area contributed by atoms with Crippen molar-refractivity contribution in [2.45, 2.75) is 27.7 Å². The number of fused-ring (bicyclic) bond motifs is 4. The predicted molar refractivity (Wildman–Crippen MR) is 176 cm³/mol. The number of anilines is 2. The van der Waals surface area contributed by atoms with Crippen LogP contribution in [0.4, 0.5) is 11.4 Å². The molecule has 0 saturated carbocycles. The molecule has 0 unspecified atom stereocenters. The van der Waals surface area contributed by atoms with Crippen LogP contribution in [0.3, 0.4) is 0 Å². The van der Waals surface area contributed by atoms with Gasteiger partial charge in [-0.15, -0.1) is 0 Å². The van der Waals surface area contributed by atoms with Crippen LogP contribution in [-0.4, -0.2) is 49.5 Å². The second-order valence-electron chi connectivity index (χ2n) is 11.1. The lowest BCUT2D eigenvalue weighted by Gasteiger charge is -2.15. The van der Waals surface area contributed by atoms with E-state index < -0.39 is 0 Å². The van der Waals surface area contributed by atoms with Gasteiger partial charge in [-0.2, -0.15) is 0 Å². The molecule has 2 N–H and O–H groups in total. The zero-order valence-corrected chi connectivity index (χ0v) is 24.9. The van der Waals surface area contributed by atoms with Crippen LogP contribution >= 0.6 is 0 Å². The average molecular weight is 559 g/mol. The van der Waals surface area contributed by atoms with E-state index in [0.717, 1.165) is 55.0 Å². The molecule has 42 heavy (non-hydrogen) atoms. The van der Waals surface area contributed by atoms with Gasteiger partial charge in [-0.25, -0.2) is 9.97 Å². The number of aryl methyl sites for hydroxylation is 4. The summed E-state index contributed by atoms with van der Waals surface area (Å²) >= 11 is 0. The van der Waals surface area contributed by atoms with Gasteiger partial charge in [0.05, 0.1) is 59.9 Å². The Morgan fingerprint density at radius 1 is 0.452 bits per heavy atom. The fourth-order valence-electron chi connectivity index (χ4n) is 5.54. The topological polar surface area (TPSA) is 68.3 Å². The molecule has 2 heterocycles. The summed E-state index contributed by atoms with van der Waals surface area (Å²) in [6.45, 7) is 12.2. The van der Waals surface area contributed by atoms with E-state index in [1.165, 1.54) is 22.3 Å². The van der Waals surface area contributed by atoms with E-state index in [1.807, 2.05) is 0 Å². The van der Waals surface area contributed by atoms with E-state index >= 15 is 0 Å². The second-order valence-corrected chi connectivity index (χ2v) is 11.1.